The summed E-state index contributed by atoms with van der Waals surface area (Å²) >= 11 is 0. The largest absolute Gasteiger partial charge is 0.481 e. The van der Waals surface area contributed by atoms with Gasteiger partial charge in [-0.15, -0.1) is 0 Å². The van der Waals surface area contributed by atoms with Crippen molar-refractivity contribution in [2.45, 2.75) is 25.7 Å². The van der Waals surface area contributed by atoms with Crippen molar-refractivity contribution in [3.05, 3.63) is 39.7 Å². The van der Waals surface area contributed by atoms with Gasteiger partial charge in [-0.05, 0) is 18.9 Å². The van der Waals surface area contributed by atoms with Crippen LogP contribution in [0.15, 0.2) is 18.2 Å². The Morgan fingerprint density at radius 1 is 1.29 bits per heavy atom. The molecule has 0 aliphatic carbocycles. The van der Waals surface area contributed by atoms with Crippen molar-refractivity contribution < 1.29 is 24.0 Å². The zero-order valence-corrected chi connectivity index (χ0v) is 11.2. The Kier molecular flexibility index (Phi) is 6.25. The van der Waals surface area contributed by atoms with E-state index in [9.17, 15) is 24.1 Å². The summed E-state index contributed by atoms with van der Waals surface area (Å²) in [4.78, 5) is 31.9. The molecule has 0 bridgehead atoms. The molecule has 0 saturated carbocycles. The average Bonchev–Trinajstić information content (AvgIpc) is 2.42. The minimum atomic E-state index is -0.877. The number of carbonyl (C=O) groups excluding carboxylic acids is 1. The third-order valence-corrected chi connectivity index (χ3v) is 2.76. The number of nitro groups is 1. The van der Waals surface area contributed by atoms with Crippen LogP contribution in [0, 0.1) is 15.9 Å². The molecule has 0 radical (unpaired) electrons. The number of carboxylic acids is 1. The number of amides is 1. The molecule has 1 aromatic rings. The molecular weight excluding hydrogens is 283 g/mol. The third-order valence-electron chi connectivity index (χ3n) is 2.76. The third kappa shape index (κ3) is 5.55. The monoisotopic (exact) mass is 298 g/mol. The van der Waals surface area contributed by atoms with E-state index in [1.807, 2.05) is 0 Å². The summed E-state index contributed by atoms with van der Waals surface area (Å²) in [6.45, 7) is 0.251. The quantitative estimate of drug-likeness (QED) is 0.434. The number of nitro benzene ring substituents is 1. The van der Waals surface area contributed by atoms with Gasteiger partial charge in [0.05, 0.1) is 10.5 Å². The molecule has 0 unspecified atom stereocenters. The first-order valence-corrected chi connectivity index (χ1v) is 6.35. The molecular formula is C13H15FN2O5. The molecule has 0 heterocycles. The van der Waals surface area contributed by atoms with E-state index in [2.05, 4.69) is 5.32 Å². The van der Waals surface area contributed by atoms with Crippen molar-refractivity contribution >= 4 is 17.6 Å². The number of non-ortho nitro benzene ring substituents is 1. The first-order chi connectivity index (χ1) is 9.91. The molecule has 7 nitrogen and oxygen atoms in total. The zero-order chi connectivity index (χ0) is 15.8. The van der Waals surface area contributed by atoms with Crippen LogP contribution in [0.3, 0.4) is 0 Å². The summed E-state index contributed by atoms with van der Waals surface area (Å²) in [7, 11) is 0. The van der Waals surface area contributed by atoms with Crippen molar-refractivity contribution in [3.8, 4) is 0 Å². The van der Waals surface area contributed by atoms with Crippen LogP contribution >= 0.6 is 0 Å². The molecule has 2 N–H and O–H groups in total. The fraction of sp³-hybridized carbons (Fsp3) is 0.385. The lowest BCUT2D eigenvalue weighted by Gasteiger charge is -2.06. The van der Waals surface area contributed by atoms with E-state index in [1.165, 1.54) is 0 Å². The zero-order valence-electron chi connectivity index (χ0n) is 11.2. The fourth-order valence-electron chi connectivity index (χ4n) is 1.68. The molecule has 114 valence electrons. The van der Waals surface area contributed by atoms with Gasteiger partial charge in [0.15, 0.2) is 0 Å². The number of nitrogens with one attached hydrogen (secondary N) is 1. The maximum atomic E-state index is 13.5. The molecule has 8 heteroatoms. The fourth-order valence-corrected chi connectivity index (χ4v) is 1.68. The summed E-state index contributed by atoms with van der Waals surface area (Å²) in [5.41, 5.74) is -0.738. The lowest BCUT2D eigenvalue weighted by atomic mass is 10.1. The number of halogens is 1. The molecule has 1 amide bonds. The Hall–Kier alpha value is -2.51. The van der Waals surface area contributed by atoms with E-state index in [4.69, 9.17) is 5.11 Å². The SMILES string of the molecule is O=C(O)CCCCCNC(=O)c1cc([N+](=O)[O-])ccc1F. The number of benzene rings is 1. The van der Waals surface area contributed by atoms with E-state index in [1.54, 1.807) is 0 Å². The summed E-state index contributed by atoms with van der Waals surface area (Å²) in [5.74, 6) is -2.43. The van der Waals surface area contributed by atoms with Crippen LogP contribution in [0.4, 0.5) is 10.1 Å². The molecule has 21 heavy (non-hydrogen) atoms. The molecule has 0 fully saturated rings. The van der Waals surface area contributed by atoms with Crippen molar-refractivity contribution in [1.82, 2.24) is 5.32 Å². The standard InChI is InChI=1S/C13H15FN2O5/c14-11-6-5-9(16(20)21)8-10(11)13(19)15-7-3-1-2-4-12(17)18/h5-6,8H,1-4,7H2,(H,15,19)(H,17,18). The Balaban J connectivity index is 2.47. The van der Waals surface area contributed by atoms with Crippen LogP contribution in [0.2, 0.25) is 0 Å². The second-order valence-electron chi connectivity index (χ2n) is 4.38. The predicted octanol–water partition coefficient (Wildman–Crippen LogP) is 2.11. The lowest BCUT2D eigenvalue weighted by molar-refractivity contribution is -0.384. The van der Waals surface area contributed by atoms with Crippen molar-refractivity contribution in [1.29, 1.82) is 0 Å². The Labute approximate surface area is 119 Å². The second-order valence-corrected chi connectivity index (χ2v) is 4.38. The molecule has 1 aromatic carbocycles. The Morgan fingerprint density at radius 2 is 2.00 bits per heavy atom. The summed E-state index contributed by atoms with van der Waals surface area (Å²) < 4.78 is 13.5. The molecule has 0 spiro atoms. The smallest absolute Gasteiger partial charge is 0.303 e. The van der Waals surface area contributed by atoms with E-state index >= 15 is 0 Å². The van der Waals surface area contributed by atoms with Crippen LogP contribution in [0.1, 0.15) is 36.0 Å². The number of hydrogen-bond donors (Lipinski definition) is 2. The maximum absolute atomic E-state index is 13.5. The number of hydrogen-bond acceptors (Lipinski definition) is 4. The Bertz CT molecular complexity index is 547. The van der Waals surface area contributed by atoms with Gasteiger partial charge in [-0.25, -0.2) is 4.39 Å². The normalized spacial score (nSPS) is 10.1. The summed E-state index contributed by atoms with van der Waals surface area (Å²) in [5, 5.41) is 21.5. The second kappa shape index (κ2) is 7.93. The number of unbranched alkanes of at least 4 members (excludes halogenated alkanes) is 2. The van der Waals surface area contributed by atoms with Gasteiger partial charge in [0.2, 0.25) is 0 Å². The number of carbonyl (C=O) groups is 2. The molecule has 0 aromatic heterocycles. The maximum Gasteiger partial charge on any atom is 0.303 e. The number of carboxylic acid groups (broad SMARTS) is 1. The molecule has 0 aliphatic rings. The highest BCUT2D eigenvalue weighted by Crippen LogP contribution is 2.16. The van der Waals surface area contributed by atoms with Crippen molar-refractivity contribution in [2.24, 2.45) is 0 Å². The van der Waals surface area contributed by atoms with Gasteiger partial charge in [0.25, 0.3) is 11.6 Å². The average molecular weight is 298 g/mol. The highest BCUT2D eigenvalue weighted by atomic mass is 19.1. The molecule has 0 atom stereocenters. The highest BCUT2D eigenvalue weighted by Gasteiger charge is 2.16. The first-order valence-electron chi connectivity index (χ1n) is 6.35. The van der Waals surface area contributed by atoms with Crippen LogP contribution in [0.25, 0.3) is 0 Å². The van der Waals surface area contributed by atoms with Crippen LogP contribution < -0.4 is 5.32 Å². The summed E-state index contributed by atoms with van der Waals surface area (Å²) in [6.07, 6.45) is 1.73. The van der Waals surface area contributed by atoms with Crippen LogP contribution in [0.5, 0.6) is 0 Å². The number of rotatable bonds is 8. The highest BCUT2D eigenvalue weighted by molar-refractivity contribution is 5.95. The van der Waals surface area contributed by atoms with Gasteiger partial charge in [-0.2, -0.15) is 0 Å². The predicted molar refractivity (Wildman–Crippen MR) is 71.5 cm³/mol. The lowest BCUT2D eigenvalue weighted by Crippen LogP contribution is -2.25. The molecule has 0 saturated heterocycles. The van der Waals surface area contributed by atoms with Gasteiger partial charge < -0.3 is 10.4 Å². The van der Waals surface area contributed by atoms with E-state index in [0.717, 1.165) is 18.2 Å². The van der Waals surface area contributed by atoms with Crippen molar-refractivity contribution in [2.75, 3.05) is 6.54 Å². The van der Waals surface area contributed by atoms with Gasteiger partial charge in [0.1, 0.15) is 5.82 Å². The van der Waals surface area contributed by atoms with E-state index < -0.39 is 22.6 Å². The Morgan fingerprint density at radius 3 is 2.62 bits per heavy atom. The first kappa shape index (κ1) is 16.5. The van der Waals surface area contributed by atoms with Crippen LogP contribution in [-0.4, -0.2) is 28.5 Å². The minimum Gasteiger partial charge on any atom is -0.481 e. The van der Waals surface area contributed by atoms with Gasteiger partial charge in [0, 0.05) is 25.1 Å². The van der Waals surface area contributed by atoms with Gasteiger partial charge in [-0.1, -0.05) is 6.42 Å². The van der Waals surface area contributed by atoms with E-state index in [0.29, 0.717) is 19.3 Å². The van der Waals surface area contributed by atoms with E-state index in [-0.39, 0.29) is 24.2 Å². The number of nitrogens with zero attached hydrogens (tertiary/aromatic N) is 1. The van der Waals surface area contributed by atoms with Crippen molar-refractivity contribution in [3.63, 3.8) is 0 Å². The van der Waals surface area contributed by atoms with Crippen LogP contribution in [-0.2, 0) is 4.79 Å². The van der Waals surface area contributed by atoms with Gasteiger partial charge in [-0.3, -0.25) is 19.7 Å². The number of aliphatic carboxylic acids is 1. The summed E-state index contributed by atoms with van der Waals surface area (Å²) in [6, 6.07) is 2.74. The topological polar surface area (TPSA) is 110 Å². The van der Waals surface area contributed by atoms with Gasteiger partial charge >= 0.3 is 5.97 Å². The molecule has 1 rings (SSSR count). The minimum absolute atomic E-state index is 0.0630. The molecule has 0 aliphatic heterocycles.